The van der Waals surface area contributed by atoms with E-state index in [1.54, 1.807) is 12.1 Å². The maximum absolute atomic E-state index is 13.8. The molecule has 40 heavy (non-hydrogen) atoms. The van der Waals surface area contributed by atoms with Crippen molar-refractivity contribution in [2.45, 2.75) is 43.4 Å². The standard InChI is InChI=1S/C29H38N6O4S/c1-33-10-4-19-15-25(31-27(26(19)33)35-17-20-14-21(20)18-35)32-28(37)23-3-2-22(40(38,39)30-9-13-36)16-24(23)34-11-7-29(5-6-29)8-12-34/h2-3,15-16,20-21,30,36H,4-14,17-18H2,1H3,(H,31,32,37). The number of piperidine rings is 2. The van der Waals surface area contributed by atoms with Crippen molar-refractivity contribution < 1.29 is 18.3 Å². The summed E-state index contributed by atoms with van der Waals surface area (Å²) >= 11 is 0. The highest BCUT2D eigenvalue weighted by Gasteiger charge is 2.47. The molecule has 2 saturated heterocycles. The molecule has 1 aromatic heterocycles. The molecular formula is C29H38N6O4S. The number of hydrogen-bond acceptors (Lipinski definition) is 8. The van der Waals surface area contributed by atoms with Gasteiger partial charge in [0.2, 0.25) is 10.0 Å². The van der Waals surface area contributed by atoms with Gasteiger partial charge in [-0.05, 0) is 85.6 Å². The highest BCUT2D eigenvalue weighted by Crippen LogP contribution is 2.54. The van der Waals surface area contributed by atoms with E-state index >= 15 is 0 Å². The van der Waals surface area contributed by atoms with Gasteiger partial charge in [0.1, 0.15) is 5.82 Å². The monoisotopic (exact) mass is 566 g/mol. The van der Waals surface area contributed by atoms with Crippen LogP contribution in [0, 0.1) is 17.3 Å². The van der Waals surface area contributed by atoms with Gasteiger partial charge in [-0.3, -0.25) is 4.79 Å². The lowest BCUT2D eigenvalue weighted by Gasteiger charge is -2.35. The van der Waals surface area contributed by atoms with Gasteiger partial charge in [0, 0.05) is 46.3 Å². The van der Waals surface area contributed by atoms with Crippen molar-refractivity contribution >= 4 is 38.9 Å². The lowest BCUT2D eigenvalue weighted by molar-refractivity contribution is 0.102. The Kier molecular flexibility index (Phi) is 6.25. The number of hydrogen-bond donors (Lipinski definition) is 3. The van der Waals surface area contributed by atoms with Crippen LogP contribution in [-0.4, -0.2) is 77.3 Å². The zero-order chi connectivity index (χ0) is 27.6. The van der Waals surface area contributed by atoms with Gasteiger partial charge in [0.25, 0.3) is 5.91 Å². The number of fused-ring (bicyclic) bond motifs is 2. The number of aliphatic hydroxyl groups is 1. The minimum atomic E-state index is -3.81. The van der Waals surface area contributed by atoms with Crippen LogP contribution in [0.1, 0.15) is 48.0 Å². The van der Waals surface area contributed by atoms with E-state index in [9.17, 15) is 13.2 Å². The number of aliphatic hydroxyl groups excluding tert-OH is 1. The summed E-state index contributed by atoms with van der Waals surface area (Å²) in [6, 6.07) is 6.67. The van der Waals surface area contributed by atoms with Crippen LogP contribution in [0.4, 0.5) is 23.0 Å². The van der Waals surface area contributed by atoms with Crippen molar-refractivity contribution in [3.63, 3.8) is 0 Å². The van der Waals surface area contributed by atoms with Gasteiger partial charge in [0.05, 0.1) is 28.4 Å². The van der Waals surface area contributed by atoms with Gasteiger partial charge in [-0.15, -0.1) is 0 Å². The zero-order valence-electron chi connectivity index (χ0n) is 23.0. The third kappa shape index (κ3) is 4.71. The molecule has 5 aliphatic rings. The Hall–Kier alpha value is -2.89. The molecule has 2 aliphatic carbocycles. The Bertz CT molecular complexity index is 1440. The summed E-state index contributed by atoms with van der Waals surface area (Å²) in [4.78, 5) is 25.7. The number of rotatable bonds is 8. The van der Waals surface area contributed by atoms with Crippen LogP contribution in [-0.2, 0) is 16.4 Å². The topological polar surface area (TPSA) is 118 Å². The third-order valence-corrected chi connectivity index (χ3v) is 11.2. The normalized spacial score (nSPS) is 24.3. The Morgan fingerprint density at radius 1 is 1.07 bits per heavy atom. The molecule has 7 rings (SSSR count). The number of amides is 1. The van der Waals surface area contributed by atoms with Crippen molar-refractivity contribution in [1.29, 1.82) is 0 Å². The second-order valence-electron chi connectivity index (χ2n) is 12.4. The number of benzene rings is 1. The quantitative estimate of drug-likeness (QED) is 0.446. The van der Waals surface area contributed by atoms with Crippen LogP contribution in [0.5, 0.6) is 0 Å². The molecule has 1 aromatic carbocycles. The second kappa shape index (κ2) is 9.60. The molecular weight excluding hydrogens is 528 g/mol. The number of likely N-dealkylation sites (N-methyl/N-ethyl adjacent to an activating group) is 1. The summed E-state index contributed by atoms with van der Waals surface area (Å²) in [5.41, 5.74) is 3.88. The maximum Gasteiger partial charge on any atom is 0.258 e. The SMILES string of the molecule is CN1CCc2cc(NC(=O)c3ccc(S(=O)(=O)NCCO)cc3N3CCC4(CC3)CC4)nc(N3CC4CC4C3)c21. The van der Waals surface area contributed by atoms with Crippen LogP contribution >= 0.6 is 0 Å². The number of carbonyl (C=O) groups is 1. The predicted molar refractivity (Wildman–Crippen MR) is 155 cm³/mol. The fourth-order valence-electron chi connectivity index (χ4n) is 6.92. The number of nitrogens with zero attached hydrogens (tertiary/aromatic N) is 4. The molecule has 2 aromatic rings. The molecule has 10 nitrogen and oxygen atoms in total. The molecule has 1 spiro atoms. The molecule has 4 heterocycles. The number of anilines is 4. The molecule has 2 unspecified atom stereocenters. The van der Waals surface area contributed by atoms with Crippen LogP contribution in [0.15, 0.2) is 29.2 Å². The van der Waals surface area contributed by atoms with Gasteiger partial charge in [-0.1, -0.05) is 0 Å². The first kappa shape index (κ1) is 26.0. The molecule has 1 amide bonds. The predicted octanol–water partition coefficient (Wildman–Crippen LogP) is 2.43. The molecule has 11 heteroatoms. The van der Waals surface area contributed by atoms with E-state index in [1.165, 1.54) is 36.6 Å². The largest absolute Gasteiger partial charge is 0.395 e. The first-order valence-electron chi connectivity index (χ1n) is 14.6. The van der Waals surface area contributed by atoms with Crippen LogP contribution in [0.2, 0.25) is 0 Å². The minimum absolute atomic E-state index is 0.0633. The average molecular weight is 567 g/mol. The highest BCUT2D eigenvalue weighted by molar-refractivity contribution is 7.89. The molecule has 2 atom stereocenters. The third-order valence-electron chi connectivity index (χ3n) is 9.72. The first-order chi connectivity index (χ1) is 19.2. The van der Waals surface area contributed by atoms with Crippen LogP contribution in [0.3, 0.4) is 0 Å². The lowest BCUT2D eigenvalue weighted by Crippen LogP contribution is -2.36. The van der Waals surface area contributed by atoms with E-state index in [4.69, 9.17) is 10.1 Å². The number of sulfonamides is 1. The lowest BCUT2D eigenvalue weighted by atomic mass is 9.93. The van der Waals surface area contributed by atoms with Crippen molar-refractivity contribution in [1.82, 2.24) is 9.71 Å². The van der Waals surface area contributed by atoms with E-state index in [0.29, 0.717) is 22.5 Å². The maximum atomic E-state index is 13.8. The summed E-state index contributed by atoms with van der Waals surface area (Å²) in [7, 11) is -1.71. The number of carbonyl (C=O) groups excluding carboxylic acids is 1. The first-order valence-corrected chi connectivity index (χ1v) is 16.0. The van der Waals surface area contributed by atoms with E-state index in [2.05, 4.69) is 31.8 Å². The second-order valence-corrected chi connectivity index (χ2v) is 14.2. The Morgan fingerprint density at radius 2 is 1.82 bits per heavy atom. The Balaban J connectivity index is 1.20. The molecule has 0 radical (unpaired) electrons. The van der Waals surface area contributed by atoms with Gasteiger partial charge >= 0.3 is 0 Å². The van der Waals surface area contributed by atoms with Crippen molar-refractivity contribution in [3.8, 4) is 0 Å². The van der Waals surface area contributed by atoms with E-state index in [1.807, 2.05) is 6.07 Å². The fourth-order valence-corrected chi connectivity index (χ4v) is 7.96. The summed E-state index contributed by atoms with van der Waals surface area (Å²) in [6.45, 7) is 4.21. The van der Waals surface area contributed by atoms with E-state index < -0.39 is 10.0 Å². The molecule has 2 saturated carbocycles. The number of nitrogens with one attached hydrogen (secondary N) is 2. The summed E-state index contributed by atoms with van der Waals surface area (Å²) in [5.74, 6) is 2.75. The Morgan fingerprint density at radius 3 is 2.52 bits per heavy atom. The summed E-state index contributed by atoms with van der Waals surface area (Å²) in [5, 5.41) is 12.2. The molecule has 3 aliphatic heterocycles. The summed E-state index contributed by atoms with van der Waals surface area (Å²) in [6.07, 6.45) is 6.84. The average Bonchev–Trinajstić information content (AvgIpc) is 3.81. The molecule has 0 bridgehead atoms. The summed E-state index contributed by atoms with van der Waals surface area (Å²) < 4.78 is 28.2. The number of aromatic nitrogens is 1. The number of pyridine rings is 1. The van der Waals surface area contributed by atoms with Crippen molar-refractivity contribution in [2.24, 2.45) is 17.3 Å². The van der Waals surface area contributed by atoms with Gasteiger partial charge < -0.3 is 25.1 Å². The van der Waals surface area contributed by atoms with Gasteiger partial charge in [-0.25, -0.2) is 18.1 Å². The van der Waals surface area contributed by atoms with Crippen LogP contribution < -0.4 is 24.7 Å². The van der Waals surface area contributed by atoms with Gasteiger partial charge in [0.15, 0.2) is 5.82 Å². The Labute approximate surface area is 235 Å². The minimum Gasteiger partial charge on any atom is -0.395 e. The van der Waals surface area contributed by atoms with Crippen LogP contribution in [0.25, 0.3) is 0 Å². The zero-order valence-corrected chi connectivity index (χ0v) is 23.8. The fraction of sp³-hybridized carbons (Fsp3) is 0.586. The smallest absolute Gasteiger partial charge is 0.258 e. The molecule has 3 N–H and O–H groups in total. The highest BCUT2D eigenvalue weighted by atomic mass is 32.2. The van der Waals surface area contributed by atoms with E-state index in [-0.39, 0.29) is 24.0 Å². The van der Waals surface area contributed by atoms with E-state index in [0.717, 1.165) is 69.6 Å². The molecule has 214 valence electrons. The van der Waals surface area contributed by atoms with Crippen molar-refractivity contribution in [2.75, 3.05) is 72.9 Å². The molecule has 4 fully saturated rings. The van der Waals surface area contributed by atoms with Gasteiger partial charge in [-0.2, -0.15) is 0 Å². The van der Waals surface area contributed by atoms with Crippen molar-refractivity contribution in [3.05, 3.63) is 35.4 Å².